The molecule has 0 bridgehead atoms. The summed E-state index contributed by atoms with van der Waals surface area (Å²) in [6.45, 7) is 22.5. The maximum Gasteiger partial charge on any atom is 0.349 e. The molecule has 9 atom stereocenters. The van der Waals surface area contributed by atoms with E-state index in [1.807, 2.05) is 0 Å². The molecule has 6 nitrogen and oxygen atoms in total. The van der Waals surface area contributed by atoms with Gasteiger partial charge in [0.25, 0.3) is 0 Å². The van der Waals surface area contributed by atoms with Gasteiger partial charge in [0, 0.05) is 35.8 Å². The van der Waals surface area contributed by atoms with E-state index in [4.69, 9.17) is 23.1 Å². The number of hydrogen-bond donors (Lipinski definition) is 0. The SMILES string of the molecule is CC(=O)C[C@@H]1O[C@@]2(C[C@H](C)[C@@H]1C)C[C@H](C)[C@@H]1O[C@@H]3CO[Si](C(C)(C)C)(C(C)(C)C)O[C@@H]3C[C@@H]1O2. The van der Waals surface area contributed by atoms with Gasteiger partial charge in [0.1, 0.15) is 11.9 Å². The Bertz CT molecular complexity index is 758. The lowest BCUT2D eigenvalue weighted by Gasteiger charge is -2.59. The van der Waals surface area contributed by atoms with Crippen molar-refractivity contribution in [1.82, 2.24) is 0 Å². The average molecular weight is 497 g/mol. The second kappa shape index (κ2) is 8.91. The van der Waals surface area contributed by atoms with E-state index in [-0.39, 0.29) is 46.4 Å². The van der Waals surface area contributed by atoms with Crippen molar-refractivity contribution in [3.05, 3.63) is 0 Å². The zero-order valence-corrected chi connectivity index (χ0v) is 24.1. The minimum atomic E-state index is -2.57. The number of hydrogen-bond acceptors (Lipinski definition) is 6. The van der Waals surface area contributed by atoms with Gasteiger partial charge in [0.15, 0.2) is 5.79 Å². The van der Waals surface area contributed by atoms with Crippen LogP contribution in [0.25, 0.3) is 0 Å². The Kier molecular flexibility index (Phi) is 7.01. The van der Waals surface area contributed by atoms with Gasteiger partial charge in [0.2, 0.25) is 0 Å². The molecule has 4 aliphatic heterocycles. The third-order valence-electron chi connectivity index (χ3n) is 8.85. The van der Waals surface area contributed by atoms with Crippen LogP contribution in [-0.4, -0.2) is 57.3 Å². The van der Waals surface area contributed by atoms with Gasteiger partial charge in [-0.15, -0.1) is 0 Å². The molecule has 0 saturated carbocycles. The first kappa shape index (κ1) is 26.7. The summed E-state index contributed by atoms with van der Waals surface area (Å²) in [4.78, 5) is 11.9. The van der Waals surface area contributed by atoms with E-state index < -0.39 is 14.3 Å². The summed E-state index contributed by atoms with van der Waals surface area (Å²) in [5.41, 5.74) is 0. The van der Waals surface area contributed by atoms with Gasteiger partial charge >= 0.3 is 8.56 Å². The van der Waals surface area contributed by atoms with Crippen LogP contribution in [0.1, 0.15) is 94.9 Å². The Morgan fingerprint density at radius 2 is 1.53 bits per heavy atom. The number of rotatable bonds is 2. The van der Waals surface area contributed by atoms with Crippen LogP contribution < -0.4 is 0 Å². The Labute approximate surface area is 208 Å². The van der Waals surface area contributed by atoms with Crippen LogP contribution in [0, 0.1) is 17.8 Å². The van der Waals surface area contributed by atoms with Crippen LogP contribution >= 0.6 is 0 Å². The predicted octanol–water partition coefficient (Wildman–Crippen LogP) is 5.76. The monoisotopic (exact) mass is 496 g/mol. The summed E-state index contributed by atoms with van der Waals surface area (Å²) >= 11 is 0. The molecule has 0 unspecified atom stereocenters. The van der Waals surface area contributed by atoms with E-state index in [9.17, 15) is 4.79 Å². The number of carbonyl (C=O) groups is 1. The lowest BCUT2D eigenvalue weighted by molar-refractivity contribution is -0.372. The summed E-state index contributed by atoms with van der Waals surface area (Å²) in [5.74, 6) is 0.596. The topological polar surface area (TPSA) is 63.2 Å². The molecular weight excluding hydrogens is 448 g/mol. The largest absolute Gasteiger partial charge is 0.391 e. The van der Waals surface area contributed by atoms with Gasteiger partial charge in [0.05, 0.1) is 31.0 Å². The highest BCUT2D eigenvalue weighted by atomic mass is 28.4. The predicted molar refractivity (Wildman–Crippen MR) is 134 cm³/mol. The summed E-state index contributed by atoms with van der Waals surface area (Å²) in [6.07, 6.45) is 2.67. The number of ketones is 1. The molecule has 34 heavy (non-hydrogen) atoms. The Hall–Kier alpha value is -0.313. The Balaban J connectivity index is 1.56. The van der Waals surface area contributed by atoms with Crippen molar-refractivity contribution in [2.45, 2.75) is 141 Å². The molecule has 0 aromatic carbocycles. The van der Waals surface area contributed by atoms with Crippen LogP contribution in [0.2, 0.25) is 10.1 Å². The molecule has 4 saturated heterocycles. The first-order valence-corrected chi connectivity index (χ1v) is 15.2. The van der Waals surface area contributed by atoms with Crippen LogP contribution in [-0.2, 0) is 27.9 Å². The van der Waals surface area contributed by atoms with Crippen molar-refractivity contribution in [2.24, 2.45) is 17.8 Å². The van der Waals surface area contributed by atoms with Gasteiger partial charge in [-0.25, -0.2) is 0 Å². The summed E-state index contributed by atoms with van der Waals surface area (Å²) in [5, 5.41) is -0.125. The maximum atomic E-state index is 11.9. The maximum absolute atomic E-state index is 11.9. The van der Waals surface area contributed by atoms with Gasteiger partial charge in [-0.05, 0) is 24.7 Å². The standard InChI is InChI=1S/C27H48O6Si/c1-16-13-27(31-20(19(16)4)11-18(3)28)14-17(2)24-22(32-27)12-21-23(30-24)15-29-34(33-21,25(5,6)7)26(8,9)10/h16-17,19-24H,11-15H2,1-10H3/t16-,17-,19-,20-,21+,22-,23+,24-,27+/m0/s1. The minimum absolute atomic E-state index is 0.0158. The lowest BCUT2D eigenvalue weighted by atomic mass is 9.75. The Morgan fingerprint density at radius 1 is 0.912 bits per heavy atom. The van der Waals surface area contributed by atoms with Gasteiger partial charge in [-0.2, -0.15) is 0 Å². The van der Waals surface area contributed by atoms with E-state index in [0.29, 0.717) is 30.8 Å². The van der Waals surface area contributed by atoms with Gasteiger partial charge < -0.3 is 23.1 Å². The molecule has 0 aromatic rings. The van der Waals surface area contributed by atoms with Crippen molar-refractivity contribution in [2.75, 3.05) is 6.61 Å². The summed E-state index contributed by atoms with van der Waals surface area (Å²) in [7, 11) is -2.57. The Morgan fingerprint density at radius 3 is 2.12 bits per heavy atom. The molecule has 0 N–H and O–H groups in total. The molecule has 0 radical (unpaired) electrons. The second-order valence-corrected chi connectivity index (χ2v) is 18.6. The zero-order chi connectivity index (χ0) is 25.3. The van der Waals surface area contributed by atoms with Crippen molar-refractivity contribution < 1.29 is 27.9 Å². The fraction of sp³-hybridized carbons (Fsp3) is 0.963. The third-order valence-corrected chi connectivity index (χ3v) is 14.0. The van der Waals surface area contributed by atoms with Gasteiger partial charge in [-0.1, -0.05) is 62.3 Å². The van der Waals surface area contributed by atoms with Crippen molar-refractivity contribution in [3.8, 4) is 0 Å². The fourth-order valence-electron chi connectivity index (χ4n) is 7.26. The number of Topliss-reactive ketones (excluding diaryl/α,β-unsaturated/α-hetero) is 1. The van der Waals surface area contributed by atoms with Gasteiger partial charge in [-0.3, -0.25) is 4.79 Å². The van der Waals surface area contributed by atoms with Crippen LogP contribution in [0.5, 0.6) is 0 Å². The zero-order valence-electron chi connectivity index (χ0n) is 23.1. The van der Waals surface area contributed by atoms with Crippen LogP contribution in [0.3, 0.4) is 0 Å². The molecule has 7 heteroatoms. The normalized spacial score (nSPS) is 44.9. The second-order valence-electron chi connectivity index (χ2n) is 13.8. The number of carbonyl (C=O) groups excluding carboxylic acids is 1. The quantitative estimate of drug-likeness (QED) is 0.453. The molecule has 0 aliphatic carbocycles. The molecule has 0 aromatic heterocycles. The molecule has 4 rings (SSSR count). The van der Waals surface area contributed by atoms with E-state index in [1.54, 1.807) is 6.92 Å². The molecule has 4 heterocycles. The fourth-order valence-corrected chi connectivity index (χ4v) is 12.2. The van der Waals surface area contributed by atoms with Crippen molar-refractivity contribution in [3.63, 3.8) is 0 Å². The smallest absolute Gasteiger partial charge is 0.349 e. The molecule has 196 valence electrons. The van der Waals surface area contributed by atoms with Crippen molar-refractivity contribution >= 4 is 14.3 Å². The highest BCUT2D eigenvalue weighted by Crippen LogP contribution is 2.56. The van der Waals surface area contributed by atoms with E-state index >= 15 is 0 Å². The highest BCUT2D eigenvalue weighted by Gasteiger charge is 2.64. The average Bonchev–Trinajstić information content (AvgIpc) is 2.68. The first-order valence-electron chi connectivity index (χ1n) is 13.4. The van der Waals surface area contributed by atoms with E-state index in [0.717, 1.165) is 19.3 Å². The summed E-state index contributed by atoms with van der Waals surface area (Å²) < 4.78 is 33.8. The third kappa shape index (κ3) is 4.58. The summed E-state index contributed by atoms with van der Waals surface area (Å²) in [6, 6.07) is 0. The van der Waals surface area contributed by atoms with Crippen LogP contribution in [0.4, 0.5) is 0 Å². The molecular formula is C27H48O6Si. The molecule has 1 spiro atoms. The molecule has 4 fully saturated rings. The van der Waals surface area contributed by atoms with Crippen molar-refractivity contribution in [1.29, 1.82) is 0 Å². The van der Waals surface area contributed by atoms with E-state index in [2.05, 4.69) is 62.3 Å². The molecule has 0 amide bonds. The molecule has 4 aliphatic rings. The minimum Gasteiger partial charge on any atom is -0.391 e. The van der Waals surface area contributed by atoms with E-state index in [1.165, 1.54) is 0 Å². The number of ether oxygens (including phenoxy) is 3. The first-order chi connectivity index (χ1) is 15.6. The highest BCUT2D eigenvalue weighted by molar-refractivity contribution is 6.73. The van der Waals surface area contributed by atoms with Crippen LogP contribution in [0.15, 0.2) is 0 Å². The lowest BCUT2D eigenvalue weighted by Crippen LogP contribution is -2.69. The number of fused-ring (bicyclic) bond motifs is 2.